The van der Waals surface area contributed by atoms with Crippen LogP contribution >= 0.6 is 0 Å². The third-order valence-corrected chi connectivity index (χ3v) is 5.96. The maximum Gasteiger partial charge on any atom is 0.243 e. The van der Waals surface area contributed by atoms with Crippen molar-refractivity contribution in [1.82, 2.24) is 20.4 Å². The summed E-state index contributed by atoms with van der Waals surface area (Å²) >= 11 is 0. The van der Waals surface area contributed by atoms with Crippen molar-refractivity contribution in [2.24, 2.45) is 13.0 Å². The maximum atomic E-state index is 12.8. The number of nitrogens with one attached hydrogen (secondary N) is 2. The van der Waals surface area contributed by atoms with E-state index >= 15 is 0 Å². The number of rotatable bonds is 5. The standard InChI is InChI=1S/C20H30N4O2/c1-3-18(25)23-20(10-6-4-5-7-11-20)14-21-19(26)15-8-9-16-13-22-24(2)17(16)12-15/h3,13,15H,1,4-12,14H2,2H3,(H,21,26)(H,23,25). The van der Waals surface area contributed by atoms with Gasteiger partial charge < -0.3 is 10.6 Å². The van der Waals surface area contributed by atoms with E-state index in [4.69, 9.17) is 0 Å². The Kier molecular flexibility index (Phi) is 5.79. The third kappa shape index (κ3) is 4.17. The lowest BCUT2D eigenvalue weighted by molar-refractivity contribution is -0.126. The highest BCUT2D eigenvalue weighted by Crippen LogP contribution is 2.28. The maximum absolute atomic E-state index is 12.8. The van der Waals surface area contributed by atoms with E-state index in [1.165, 1.54) is 30.2 Å². The topological polar surface area (TPSA) is 76.0 Å². The van der Waals surface area contributed by atoms with Crippen molar-refractivity contribution in [3.63, 3.8) is 0 Å². The molecule has 1 fully saturated rings. The van der Waals surface area contributed by atoms with E-state index in [2.05, 4.69) is 22.3 Å². The second kappa shape index (κ2) is 8.06. The number of carbonyl (C=O) groups is 2. The normalized spacial score (nSPS) is 22.0. The number of nitrogens with zero attached hydrogens (tertiary/aromatic N) is 2. The summed E-state index contributed by atoms with van der Waals surface area (Å²) < 4.78 is 1.88. The molecule has 1 saturated carbocycles. The first-order chi connectivity index (χ1) is 12.5. The Balaban J connectivity index is 1.63. The fourth-order valence-electron chi connectivity index (χ4n) is 4.33. The number of fused-ring (bicyclic) bond motifs is 1. The van der Waals surface area contributed by atoms with Crippen LogP contribution < -0.4 is 10.6 Å². The predicted molar refractivity (Wildman–Crippen MR) is 101 cm³/mol. The summed E-state index contributed by atoms with van der Waals surface area (Å²) in [5.74, 6) is -0.0810. The molecule has 2 aliphatic carbocycles. The summed E-state index contributed by atoms with van der Waals surface area (Å²) in [6.45, 7) is 4.07. The fourth-order valence-corrected chi connectivity index (χ4v) is 4.33. The van der Waals surface area contributed by atoms with E-state index in [9.17, 15) is 9.59 Å². The van der Waals surface area contributed by atoms with Gasteiger partial charge in [-0.2, -0.15) is 5.10 Å². The molecule has 1 aromatic heterocycles. The number of carbonyl (C=O) groups excluding carboxylic acids is 2. The van der Waals surface area contributed by atoms with Crippen LogP contribution in [0.2, 0.25) is 0 Å². The van der Waals surface area contributed by atoms with Crippen LogP contribution in [0.25, 0.3) is 0 Å². The van der Waals surface area contributed by atoms with E-state index in [1.54, 1.807) is 0 Å². The van der Waals surface area contributed by atoms with Gasteiger partial charge in [0.2, 0.25) is 11.8 Å². The minimum absolute atomic E-state index is 0.0177. The van der Waals surface area contributed by atoms with E-state index in [1.807, 2.05) is 17.9 Å². The number of hydrogen-bond donors (Lipinski definition) is 2. The van der Waals surface area contributed by atoms with Crippen LogP contribution in [0.3, 0.4) is 0 Å². The van der Waals surface area contributed by atoms with E-state index < -0.39 is 0 Å². The highest BCUT2D eigenvalue weighted by Gasteiger charge is 2.34. The van der Waals surface area contributed by atoms with Gasteiger partial charge >= 0.3 is 0 Å². The van der Waals surface area contributed by atoms with Crippen molar-refractivity contribution in [3.8, 4) is 0 Å². The van der Waals surface area contributed by atoms with E-state index in [-0.39, 0.29) is 23.3 Å². The Morgan fingerprint density at radius 2 is 2.08 bits per heavy atom. The lowest BCUT2D eigenvalue weighted by Gasteiger charge is -2.34. The molecular weight excluding hydrogens is 328 g/mol. The van der Waals surface area contributed by atoms with Gasteiger partial charge in [0.05, 0.1) is 11.7 Å². The van der Waals surface area contributed by atoms with Crippen LogP contribution in [0, 0.1) is 5.92 Å². The molecule has 0 bridgehead atoms. The van der Waals surface area contributed by atoms with Gasteiger partial charge in [0, 0.05) is 31.6 Å². The molecule has 26 heavy (non-hydrogen) atoms. The zero-order chi connectivity index (χ0) is 18.6. The second-order valence-electron chi connectivity index (χ2n) is 7.79. The van der Waals surface area contributed by atoms with Crippen LogP contribution in [-0.4, -0.2) is 33.7 Å². The summed E-state index contributed by atoms with van der Waals surface area (Å²) in [6.07, 6.45) is 12.1. The van der Waals surface area contributed by atoms with Gasteiger partial charge in [-0.25, -0.2) is 0 Å². The molecule has 1 atom stereocenters. The second-order valence-corrected chi connectivity index (χ2v) is 7.79. The Hall–Kier alpha value is -2.11. The Labute approximate surface area is 155 Å². The molecule has 1 heterocycles. The molecule has 6 nitrogen and oxygen atoms in total. The van der Waals surface area contributed by atoms with Gasteiger partial charge in [-0.3, -0.25) is 14.3 Å². The zero-order valence-electron chi connectivity index (χ0n) is 15.7. The first-order valence-electron chi connectivity index (χ1n) is 9.75. The van der Waals surface area contributed by atoms with E-state index in [0.717, 1.165) is 44.9 Å². The predicted octanol–water partition coefficient (Wildman–Crippen LogP) is 2.04. The highest BCUT2D eigenvalue weighted by molar-refractivity contribution is 5.87. The van der Waals surface area contributed by atoms with Crippen molar-refractivity contribution in [1.29, 1.82) is 0 Å². The molecule has 2 aliphatic rings. The molecule has 1 aromatic rings. The molecule has 1 unspecified atom stereocenters. The molecule has 3 rings (SSSR count). The van der Waals surface area contributed by atoms with Crippen LogP contribution in [0.5, 0.6) is 0 Å². The van der Waals surface area contributed by atoms with Crippen LogP contribution in [0.15, 0.2) is 18.9 Å². The first kappa shape index (κ1) is 18.7. The lowest BCUT2D eigenvalue weighted by Crippen LogP contribution is -2.55. The summed E-state index contributed by atoms with van der Waals surface area (Å²) in [6, 6.07) is 0. The van der Waals surface area contributed by atoms with Crippen molar-refractivity contribution in [2.75, 3.05) is 6.54 Å². The minimum Gasteiger partial charge on any atom is -0.354 e. The van der Waals surface area contributed by atoms with Crippen LogP contribution in [0.4, 0.5) is 0 Å². The van der Waals surface area contributed by atoms with Gasteiger partial charge in [-0.05, 0) is 37.3 Å². The van der Waals surface area contributed by atoms with Gasteiger partial charge in [0.1, 0.15) is 0 Å². The summed E-state index contributed by atoms with van der Waals surface area (Å²) in [4.78, 5) is 24.7. The molecule has 0 spiro atoms. The average Bonchev–Trinajstić information content (AvgIpc) is 2.87. The molecule has 2 N–H and O–H groups in total. The summed E-state index contributed by atoms with van der Waals surface area (Å²) in [7, 11) is 1.93. The molecule has 6 heteroatoms. The van der Waals surface area contributed by atoms with Crippen molar-refractivity contribution in [3.05, 3.63) is 30.1 Å². The van der Waals surface area contributed by atoms with Gasteiger partial charge in [0.15, 0.2) is 0 Å². The van der Waals surface area contributed by atoms with Gasteiger partial charge in [-0.15, -0.1) is 0 Å². The quantitative estimate of drug-likeness (QED) is 0.625. The molecule has 0 aromatic carbocycles. The van der Waals surface area contributed by atoms with Crippen molar-refractivity contribution >= 4 is 11.8 Å². The molecule has 0 radical (unpaired) electrons. The molecule has 2 amide bonds. The Bertz CT molecular complexity index is 671. The number of hydrogen-bond acceptors (Lipinski definition) is 3. The highest BCUT2D eigenvalue weighted by atomic mass is 16.2. The smallest absolute Gasteiger partial charge is 0.243 e. The monoisotopic (exact) mass is 358 g/mol. The van der Waals surface area contributed by atoms with Gasteiger partial charge in [-0.1, -0.05) is 32.3 Å². The molecule has 0 saturated heterocycles. The zero-order valence-corrected chi connectivity index (χ0v) is 15.7. The molecule has 142 valence electrons. The SMILES string of the molecule is C=CC(=O)NC1(CNC(=O)C2CCc3cnn(C)c3C2)CCCCCC1. The van der Waals surface area contributed by atoms with Crippen LogP contribution in [0.1, 0.15) is 56.2 Å². The Morgan fingerprint density at radius 1 is 1.35 bits per heavy atom. The summed E-state index contributed by atoms with van der Waals surface area (Å²) in [5, 5.41) is 10.6. The number of aromatic nitrogens is 2. The molecule has 0 aliphatic heterocycles. The van der Waals surface area contributed by atoms with Crippen molar-refractivity contribution in [2.45, 2.75) is 63.3 Å². The summed E-state index contributed by atoms with van der Waals surface area (Å²) in [5.41, 5.74) is 2.08. The van der Waals surface area contributed by atoms with Crippen LogP contribution in [-0.2, 0) is 29.5 Å². The van der Waals surface area contributed by atoms with Crippen molar-refractivity contribution < 1.29 is 9.59 Å². The first-order valence-corrected chi connectivity index (χ1v) is 9.75. The largest absolute Gasteiger partial charge is 0.354 e. The number of amides is 2. The lowest BCUT2D eigenvalue weighted by atomic mass is 9.86. The average molecular weight is 358 g/mol. The van der Waals surface area contributed by atoms with E-state index in [0.29, 0.717) is 6.54 Å². The number of aryl methyl sites for hydroxylation is 2. The minimum atomic E-state index is -0.343. The Morgan fingerprint density at radius 3 is 2.77 bits per heavy atom. The van der Waals surface area contributed by atoms with Gasteiger partial charge in [0.25, 0.3) is 0 Å². The molecular formula is C20H30N4O2. The third-order valence-electron chi connectivity index (χ3n) is 5.96. The fraction of sp³-hybridized carbons (Fsp3) is 0.650.